The van der Waals surface area contributed by atoms with Crippen molar-refractivity contribution in [1.82, 2.24) is 0 Å². The second-order valence-electron chi connectivity index (χ2n) is 11.6. The molecule has 0 aliphatic heterocycles. The maximum Gasteiger partial charge on any atom is 0.310 e. The van der Waals surface area contributed by atoms with Crippen LogP contribution in [-0.2, 0) is 16.0 Å². The Morgan fingerprint density at radius 2 is 1.14 bits per heavy atom. The summed E-state index contributed by atoms with van der Waals surface area (Å²) in [6, 6.07) is 5.86. The van der Waals surface area contributed by atoms with Crippen LogP contribution in [0, 0.1) is 11.8 Å². The Kier molecular flexibility index (Phi) is 16.5. The topological polar surface area (TPSA) is 74.6 Å². The van der Waals surface area contributed by atoms with Crippen LogP contribution in [0.1, 0.15) is 153 Å². The fraction of sp³-hybridized carbons (Fsp3) is 0.750. The maximum atomic E-state index is 12.5. The van der Waals surface area contributed by atoms with E-state index in [2.05, 4.69) is 34.6 Å². The van der Waals surface area contributed by atoms with Crippen LogP contribution in [0.25, 0.3) is 0 Å². The SMILES string of the molecule is CCCCCCCCCCCCc1cccc(C(CCC(C)C)C(=O)O)c1C(CCC(C)C)C(=O)O. The van der Waals surface area contributed by atoms with E-state index in [1.807, 2.05) is 18.2 Å². The highest BCUT2D eigenvalue weighted by atomic mass is 16.4. The van der Waals surface area contributed by atoms with Gasteiger partial charge >= 0.3 is 11.9 Å². The number of unbranched alkanes of at least 4 members (excludes halogenated alkanes) is 9. The van der Waals surface area contributed by atoms with Crippen LogP contribution in [0.15, 0.2) is 18.2 Å². The molecule has 0 aliphatic carbocycles. The van der Waals surface area contributed by atoms with Crippen molar-refractivity contribution in [1.29, 1.82) is 0 Å². The highest BCUT2D eigenvalue weighted by Crippen LogP contribution is 2.37. The summed E-state index contributed by atoms with van der Waals surface area (Å²) in [5.41, 5.74) is 2.56. The zero-order valence-corrected chi connectivity index (χ0v) is 23.9. The lowest BCUT2D eigenvalue weighted by Crippen LogP contribution is -2.21. The van der Waals surface area contributed by atoms with Crippen LogP contribution >= 0.6 is 0 Å². The molecule has 1 aromatic carbocycles. The second kappa shape index (κ2) is 18.4. The van der Waals surface area contributed by atoms with Crippen molar-refractivity contribution in [3.8, 4) is 0 Å². The fourth-order valence-corrected chi connectivity index (χ4v) is 5.19. The summed E-state index contributed by atoms with van der Waals surface area (Å²) in [7, 11) is 0. The lowest BCUT2D eigenvalue weighted by atomic mass is 9.78. The number of carboxylic acid groups (broad SMARTS) is 2. The lowest BCUT2D eigenvalue weighted by Gasteiger charge is -2.25. The number of rotatable bonds is 21. The fourth-order valence-electron chi connectivity index (χ4n) is 5.19. The lowest BCUT2D eigenvalue weighted by molar-refractivity contribution is -0.140. The monoisotopic (exact) mass is 502 g/mol. The van der Waals surface area contributed by atoms with E-state index in [-0.39, 0.29) is 0 Å². The molecule has 0 aromatic heterocycles. The van der Waals surface area contributed by atoms with E-state index in [1.165, 1.54) is 51.4 Å². The van der Waals surface area contributed by atoms with Crippen LogP contribution in [0.4, 0.5) is 0 Å². The van der Waals surface area contributed by atoms with E-state index >= 15 is 0 Å². The molecule has 0 radical (unpaired) electrons. The number of hydrogen-bond donors (Lipinski definition) is 2. The third-order valence-electron chi connectivity index (χ3n) is 7.42. The molecule has 0 amide bonds. The summed E-state index contributed by atoms with van der Waals surface area (Å²) in [5, 5.41) is 20.3. The summed E-state index contributed by atoms with van der Waals surface area (Å²) in [6.45, 7) is 10.7. The molecule has 0 spiro atoms. The smallest absolute Gasteiger partial charge is 0.310 e. The molecule has 1 rings (SSSR count). The van der Waals surface area contributed by atoms with Gasteiger partial charge in [0.15, 0.2) is 0 Å². The third kappa shape index (κ3) is 12.4. The quantitative estimate of drug-likeness (QED) is 0.164. The van der Waals surface area contributed by atoms with Crippen molar-refractivity contribution in [2.75, 3.05) is 0 Å². The van der Waals surface area contributed by atoms with Crippen LogP contribution in [-0.4, -0.2) is 22.2 Å². The van der Waals surface area contributed by atoms with E-state index in [4.69, 9.17) is 0 Å². The van der Waals surface area contributed by atoms with Gasteiger partial charge in [0.05, 0.1) is 11.8 Å². The summed E-state index contributed by atoms with van der Waals surface area (Å²) < 4.78 is 0. The van der Waals surface area contributed by atoms with Gasteiger partial charge in [-0.15, -0.1) is 0 Å². The number of hydrogen-bond acceptors (Lipinski definition) is 2. The Labute approximate surface area is 221 Å². The molecule has 2 unspecified atom stereocenters. The molecule has 4 nitrogen and oxygen atoms in total. The van der Waals surface area contributed by atoms with E-state index < -0.39 is 23.8 Å². The van der Waals surface area contributed by atoms with Crippen molar-refractivity contribution in [3.63, 3.8) is 0 Å². The van der Waals surface area contributed by atoms with Gasteiger partial charge in [0.25, 0.3) is 0 Å². The van der Waals surface area contributed by atoms with Crippen LogP contribution in [0.5, 0.6) is 0 Å². The van der Waals surface area contributed by atoms with E-state index in [9.17, 15) is 19.8 Å². The normalized spacial score (nSPS) is 13.3. The third-order valence-corrected chi connectivity index (χ3v) is 7.42. The summed E-state index contributed by atoms with van der Waals surface area (Å²) >= 11 is 0. The first-order valence-electron chi connectivity index (χ1n) is 14.8. The molecule has 0 aliphatic rings. The van der Waals surface area contributed by atoms with Crippen LogP contribution in [0.3, 0.4) is 0 Å². The molecular weight excluding hydrogens is 448 g/mol. The Balaban J connectivity index is 3.02. The molecule has 36 heavy (non-hydrogen) atoms. The van der Waals surface area contributed by atoms with E-state index in [0.717, 1.165) is 48.8 Å². The molecule has 0 bridgehead atoms. The molecule has 4 heteroatoms. The molecule has 2 N–H and O–H groups in total. The summed E-state index contributed by atoms with van der Waals surface area (Å²) in [4.78, 5) is 24.8. The molecule has 1 aromatic rings. The molecule has 0 fully saturated rings. The minimum atomic E-state index is -0.846. The van der Waals surface area contributed by atoms with Gasteiger partial charge in [-0.05, 0) is 67.1 Å². The van der Waals surface area contributed by atoms with Gasteiger partial charge in [-0.2, -0.15) is 0 Å². The van der Waals surface area contributed by atoms with Gasteiger partial charge in [0, 0.05) is 0 Å². The molecule has 0 saturated carbocycles. The first-order chi connectivity index (χ1) is 17.2. The molecule has 0 heterocycles. The minimum Gasteiger partial charge on any atom is -0.481 e. The Morgan fingerprint density at radius 1 is 0.667 bits per heavy atom. The van der Waals surface area contributed by atoms with Gasteiger partial charge in [-0.25, -0.2) is 0 Å². The van der Waals surface area contributed by atoms with Gasteiger partial charge in [-0.3, -0.25) is 9.59 Å². The Bertz CT molecular complexity index is 753. The summed E-state index contributed by atoms with van der Waals surface area (Å²) in [6.07, 6.45) is 16.1. The first kappa shape index (κ1) is 32.2. The maximum absolute atomic E-state index is 12.5. The minimum absolute atomic E-state index is 0.403. The van der Waals surface area contributed by atoms with Gasteiger partial charge < -0.3 is 10.2 Å². The van der Waals surface area contributed by atoms with Gasteiger partial charge in [-0.1, -0.05) is 111 Å². The first-order valence-corrected chi connectivity index (χ1v) is 14.8. The number of carboxylic acids is 2. The average Bonchev–Trinajstić information content (AvgIpc) is 2.80. The summed E-state index contributed by atoms with van der Waals surface area (Å²) in [5.74, 6) is -2.18. The van der Waals surface area contributed by atoms with Crippen molar-refractivity contribution < 1.29 is 19.8 Å². The zero-order chi connectivity index (χ0) is 26.9. The standard InChI is InChI=1S/C32H54O4/c1-6-7-8-9-10-11-12-13-14-15-17-26-18-16-19-27(28(31(33)34)22-20-24(2)3)30(26)29(32(35)36)23-21-25(4)5/h16,18-19,24-25,28-29H,6-15,17,20-23H2,1-5H3,(H,33,34)(H,35,36). The van der Waals surface area contributed by atoms with Crippen LogP contribution < -0.4 is 0 Å². The van der Waals surface area contributed by atoms with Crippen molar-refractivity contribution in [2.45, 2.75) is 143 Å². The van der Waals surface area contributed by atoms with Crippen molar-refractivity contribution >= 4 is 11.9 Å². The molecule has 2 atom stereocenters. The van der Waals surface area contributed by atoms with Gasteiger partial charge in [0.2, 0.25) is 0 Å². The molecule has 0 saturated heterocycles. The molecular formula is C32H54O4. The largest absolute Gasteiger partial charge is 0.481 e. The van der Waals surface area contributed by atoms with Crippen molar-refractivity contribution in [2.24, 2.45) is 11.8 Å². The van der Waals surface area contributed by atoms with Gasteiger partial charge in [0.1, 0.15) is 0 Å². The number of carbonyl (C=O) groups is 2. The van der Waals surface area contributed by atoms with Crippen LogP contribution in [0.2, 0.25) is 0 Å². The predicted octanol–water partition coefficient (Wildman–Crippen LogP) is 9.36. The van der Waals surface area contributed by atoms with Crippen molar-refractivity contribution in [3.05, 3.63) is 34.9 Å². The average molecular weight is 503 g/mol. The highest BCUT2D eigenvalue weighted by molar-refractivity contribution is 5.81. The van der Waals surface area contributed by atoms with E-state index in [0.29, 0.717) is 24.7 Å². The zero-order valence-electron chi connectivity index (χ0n) is 23.9. The highest BCUT2D eigenvalue weighted by Gasteiger charge is 2.31. The second-order valence-corrected chi connectivity index (χ2v) is 11.6. The number of benzene rings is 1. The number of aliphatic carboxylic acids is 2. The van der Waals surface area contributed by atoms with E-state index in [1.54, 1.807) is 0 Å². The number of aryl methyl sites for hydroxylation is 1. The molecule has 206 valence electrons. The predicted molar refractivity (Wildman–Crippen MR) is 151 cm³/mol. The Morgan fingerprint density at radius 3 is 1.61 bits per heavy atom. The Hall–Kier alpha value is -1.84.